The van der Waals surface area contributed by atoms with Gasteiger partial charge in [0, 0.05) is 12.2 Å². The van der Waals surface area contributed by atoms with E-state index in [4.69, 9.17) is 4.74 Å². The van der Waals surface area contributed by atoms with Crippen molar-refractivity contribution in [2.45, 2.75) is 11.8 Å². The quantitative estimate of drug-likeness (QED) is 0.451. The molecule has 3 aromatic carbocycles. The molecule has 1 amide bonds. The summed E-state index contributed by atoms with van der Waals surface area (Å²) in [4.78, 5) is 36.0. The number of para-hydroxylation sites is 1. The number of amides is 1. The summed E-state index contributed by atoms with van der Waals surface area (Å²) in [5, 5.41) is 2.54. The molecular weight excluding hydrogens is 472 g/mol. The highest BCUT2D eigenvalue weighted by Crippen LogP contribution is 2.24. The summed E-state index contributed by atoms with van der Waals surface area (Å²) in [6.45, 7) is 1.33. The van der Waals surface area contributed by atoms with E-state index in [1.54, 1.807) is 37.3 Å². The molecule has 0 aliphatic carbocycles. The van der Waals surface area contributed by atoms with Gasteiger partial charge in [-0.15, -0.1) is 0 Å². The van der Waals surface area contributed by atoms with Crippen molar-refractivity contribution >= 4 is 39.2 Å². The molecule has 0 fully saturated rings. The van der Waals surface area contributed by atoms with Gasteiger partial charge in [-0.25, -0.2) is 18.0 Å². The van der Waals surface area contributed by atoms with E-state index in [1.807, 2.05) is 0 Å². The van der Waals surface area contributed by atoms with Crippen molar-refractivity contribution in [3.8, 4) is 0 Å². The third-order valence-electron chi connectivity index (χ3n) is 4.91. The van der Waals surface area contributed by atoms with Crippen LogP contribution in [0.1, 0.15) is 27.6 Å². The molecular formula is C25H24N2O7S. The molecule has 0 heterocycles. The normalized spacial score (nSPS) is 10.8. The van der Waals surface area contributed by atoms with Crippen LogP contribution >= 0.6 is 0 Å². The lowest BCUT2D eigenvalue weighted by molar-refractivity contribution is -0.119. The van der Waals surface area contributed by atoms with Crippen LogP contribution in [0.25, 0.3) is 0 Å². The minimum Gasteiger partial charge on any atom is -0.465 e. The molecule has 0 radical (unpaired) electrons. The largest absolute Gasteiger partial charge is 0.465 e. The molecule has 0 aromatic heterocycles. The summed E-state index contributed by atoms with van der Waals surface area (Å²) in [6, 6.07) is 20.0. The number of benzene rings is 3. The summed E-state index contributed by atoms with van der Waals surface area (Å²) in [5.74, 6) is -1.96. The molecule has 0 bridgehead atoms. The summed E-state index contributed by atoms with van der Waals surface area (Å²) < 4.78 is 37.2. The average Bonchev–Trinajstić information content (AvgIpc) is 2.88. The van der Waals surface area contributed by atoms with Crippen LogP contribution in [0.4, 0.5) is 11.4 Å². The summed E-state index contributed by atoms with van der Waals surface area (Å²) in [7, 11) is -2.67. The van der Waals surface area contributed by atoms with Gasteiger partial charge in [0.1, 0.15) is 0 Å². The number of hydrogen-bond donors (Lipinski definition) is 1. The lowest BCUT2D eigenvalue weighted by atomic mass is 10.2. The van der Waals surface area contributed by atoms with E-state index in [0.29, 0.717) is 16.9 Å². The molecule has 3 aromatic rings. The molecule has 9 nitrogen and oxygen atoms in total. The molecule has 182 valence electrons. The van der Waals surface area contributed by atoms with Crippen LogP contribution < -0.4 is 9.62 Å². The van der Waals surface area contributed by atoms with E-state index in [2.05, 4.69) is 10.1 Å². The smallest absolute Gasteiger partial charge is 0.338 e. The summed E-state index contributed by atoms with van der Waals surface area (Å²) >= 11 is 0. The number of ether oxygens (including phenoxy) is 2. The van der Waals surface area contributed by atoms with E-state index in [-0.39, 0.29) is 17.0 Å². The number of methoxy groups -OCH3 is 1. The lowest BCUT2D eigenvalue weighted by Crippen LogP contribution is -2.30. The first-order valence-electron chi connectivity index (χ1n) is 10.6. The zero-order chi connectivity index (χ0) is 25.4. The van der Waals surface area contributed by atoms with Gasteiger partial charge in [0.05, 0.1) is 28.8 Å². The van der Waals surface area contributed by atoms with Gasteiger partial charge in [0.2, 0.25) is 0 Å². The van der Waals surface area contributed by atoms with Crippen molar-refractivity contribution in [1.29, 1.82) is 0 Å². The van der Waals surface area contributed by atoms with Gasteiger partial charge in [0.25, 0.3) is 15.9 Å². The van der Waals surface area contributed by atoms with Crippen LogP contribution in [-0.2, 0) is 24.3 Å². The first-order chi connectivity index (χ1) is 16.8. The first kappa shape index (κ1) is 25.4. The maximum atomic E-state index is 13.2. The van der Waals surface area contributed by atoms with Gasteiger partial charge in [-0.1, -0.05) is 24.3 Å². The molecule has 3 rings (SSSR count). The van der Waals surface area contributed by atoms with Gasteiger partial charge < -0.3 is 14.8 Å². The fraction of sp³-hybridized carbons (Fsp3) is 0.160. The van der Waals surface area contributed by atoms with Crippen molar-refractivity contribution < 1.29 is 32.3 Å². The highest BCUT2D eigenvalue weighted by molar-refractivity contribution is 7.92. The van der Waals surface area contributed by atoms with E-state index >= 15 is 0 Å². The SMILES string of the molecule is CCN(c1ccccc1)S(=O)(=O)c1cccc(C(=O)OCC(=O)Nc2ccc(C(=O)OC)cc2)c1. The second-order valence-corrected chi connectivity index (χ2v) is 9.09. The Kier molecular flexibility index (Phi) is 8.21. The standard InChI is InChI=1S/C25H24N2O7S/c1-3-27(21-9-5-4-6-10-21)35(31,32)22-11-7-8-19(16-22)25(30)34-17-23(28)26-20-14-12-18(13-15-20)24(29)33-2/h4-16H,3,17H2,1-2H3,(H,26,28). The van der Waals surface area contributed by atoms with Gasteiger partial charge in [0.15, 0.2) is 6.61 Å². The fourth-order valence-electron chi connectivity index (χ4n) is 3.22. The van der Waals surface area contributed by atoms with E-state index < -0.39 is 34.5 Å². The summed E-state index contributed by atoms with van der Waals surface area (Å²) in [5.41, 5.74) is 1.21. The van der Waals surface area contributed by atoms with Gasteiger partial charge in [-0.2, -0.15) is 0 Å². The molecule has 35 heavy (non-hydrogen) atoms. The van der Waals surface area contributed by atoms with Gasteiger partial charge in [-0.3, -0.25) is 9.10 Å². The number of carbonyl (C=O) groups is 3. The molecule has 0 saturated carbocycles. The second-order valence-electron chi connectivity index (χ2n) is 7.23. The van der Waals surface area contributed by atoms with Crippen LogP contribution in [0.5, 0.6) is 0 Å². The van der Waals surface area contributed by atoms with Crippen molar-refractivity contribution in [1.82, 2.24) is 0 Å². The number of anilines is 2. The van der Waals surface area contributed by atoms with Crippen molar-refractivity contribution in [2.24, 2.45) is 0 Å². The van der Waals surface area contributed by atoms with Gasteiger partial charge >= 0.3 is 11.9 Å². The number of rotatable bonds is 9. The number of nitrogens with zero attached hydrogens (tertiary/aromatic N) is 1. The minimum atomic E-state index is -3.93. The Morgan fingerprint density at radius 2 is 1.54 bits per heavy atom. The predicted octanol–water partition coefficient (Wildman–Crippen LogP) is 3.48. The van der Waals surface area contributed by atoms with Crippen LogP contribution in [0.3, 0.4) is 0 Å². The Morgan fingerprint density at radius 1 is 0.857 bits per heavy atom. The topological polar surface area (TPSA) is 119 Å². The molecule has 1 N–H and O–H groups in total. The number of nitrogens with one attached hydrogen (secondary N) is 1. The Morgan fingerprint density at radius 3 is 2.17 bits per heavy atom. The minimum absolute atomic E-state index is 0.00887. The molecule has 0 saturated heterocycles. The van der Waals surface area contributed by atoms with Crippen molar-refractivity contribution in [2.75, 3.05) is 29.9 Å². The van der Waals surface area contributed by atoms with Crippen LogP contribution in [-0.4, -0.2) is 46.5 Å². The van der Waals surface area contributed by atoms with Crippen molar-refractivity contribution in [3.05, 3.63) is 90.0 Å². The number of hydrogen-bond acceptors (Lipinski definition) is 7. The summed E-state index contributed by atoms with van der Waals surface area (Å²) in [6.07, 6.45) is 0. The van der Waals surface area contributed by atoms with E-state index in [1.165, 1.54) is 59.9 Å². The van der Waals surface area contributed by atoms with Crippen LogP contribution in [0.15, 0.2) is 83.8 Å². The predicted molar refractivity (Wildman–Crippen MR) is 130 cm³/mol. The maximum absolute atomic E-state index is 13.2. The first-order valence-corrected chi connectivity index (χ1v) is 12.0. The zero-order valence-corrected chi connectivity index (χ0v) is 19.9. The van der Waals surface area contributed by atoms with Crippen LogP contribution in [0, 0.1) is 0 Å². The Hall–Kier alpha value is -4.18. The molecule has 10 heteroatoms. The van der Waals surface area contributed by atoms with Gasteiger partial charge in [-0.05, 0) is 61.5 Å². The van der Waals surface area contributed by atoms with Crippen LogP contribution in [0.2, 0.25) is 0 Å². The molecule has 0 aliphatic heterocycles. The van der Waals surface area contributed by atoms with E-state index in [9.17, 15) is 22.8 Å². The zero-order valence-electron chi connectivity index (χ0n) is 19.1. The fourth-order valence-corrected chi connectivity index (χ4v) is 4.74. The third-order valence-corrected chi connectivity index (χ3v) is 6.81. The highest BCUT2D eigenvalue weighted by atomic mass is 32.2. The Labute approximate surface area is 203 Å². The molecule has 0 spiro atoms. The number of carbonyl (C=O) groups excluding carboxylic acids is 3. The monoisotopic (exact) mass is 496 g/mol. The maximum Gasteiger partial charge on any atom is 0.338 e. The van der Waals surface area contributed by atoms with E-state index in [0.717, 1.165) is 0 Å². The number of sulfonamides is 1. The lowest BCUT2D eigenvalue weighted by Gasteiger charge is -2.23. The third kappa shape index (κ3) is 6.24. The highest BCUT2D eigenvalue weighted by Gasteiger charge is 2.24. The molecule has 0 aliphatic rings. The average molecular weight is 497 g/mol. The Bertz CT molecular complexity index is 1310. The number of esters is 2. The van der Waals surface area contributed by atoms with Crippen molar-refractivity contribution in [3.63, 3.8) is 0 Å². The molecule has 0 unspecified atom stereocenters. The molecule has 0 atom stereocenters. The second kappa shape index (κ2) is 11.3. The Balaban J connectivity index is 1.65.